The Morgan fingerprint density at radius 3 is 2.40 bits per heavy atom. The number of benzene rings is 2. The molecule has 3 atom stereocenters. The normalized spacial score (nSPS) is 27.7. The van der Waals surface area contributed by atoms with Gasteiger partial charge in [0.15, 0.2) is 0 Å². The predicted molar refractivity (Wildman–Crippen MR) is 164 cm³/mol. The molecule has 7 nitrogen and oxygen atoms in total. The summed E-state index contributed by atoms with van der Waals surface area (Å²) >= 11 is 12.6. The molecular formula is C33H36Cl2F3N3O4. The highest BCUT2D eigenvalue weighted by Crippen LogP contribution is 2.63. The SMILES string of the molecule is O=C(O)CCCC1(NC(=O)[C@@H]2NC3(CCC(F)(F)CC3)[C@@]3(C(=O)Nc4cc(Cl)ccc43)[C@H]2c2cccc(Cl)c2F)CCCCC1. The quantitative estimate of drug-likeness (QED) is 0.252. The van der Waals surface area contributed by atoms with Crippen molar-refractivity contribution in [3.05, 3.63) is 63.4 Å². The third-order valence-electron chi connectivity index (χ3n) is 10.7. The lowest BCUT2D eigenvalue weighted by atomic mass is 9.55. The molecule has 2 heterocycles. The topological polar surface area (TPSA) is 108 Å². The zero-order chi connectivity index (χ0) is 32.2. The fourth-order valence-electron chi connectivity index (χ4n) is 8.69. The molecule has 2 aromatic rings. The number of nitrogens with one attached hydrogen (secondary N) is 3. The fraction of sp³-hybridized carbons (Fsp3) is 0.545. The van der Waals surface area contributed by atoms with Gasteiger partial charge in [-0.2, -0.15) is 0 Å². The number of anilines is 1. The number of alkyl halides is 2. The number of carboxylic acid groups (broad SMARTS) is 1. The van der Waals surface area contributed by atoms with Crippen LogP contribution in [0.15, 0.2) is 36.4 Å². The van der Waals surface area contributed by atoms with Crippen molar-refractivity contribution in [3.63, 3.8) is 0 Å². The second-order valence-electron chi connectivity index (χ2n) is 13.2. The average Bonchev–Trinajstić information content (AvgIpc) is 3.44. The first kappa shape index (κ1) is 32.1. The number of hydrogen-bond donors (Lipinski definition) is 4. The van der Waals surface area contributed by atoms with Crippen molar-refractivity contribution in [2.24, 2.45) is 0 Å². The first-order chi connectivity index (χ1) is 21.3. The lowest BCUT2D eigenvalue weighted by molar-refractivity contribution is -0.137. The Morgan fingerprint density at radius 1 is 1.00 bits per heavy atom. The maximum Gasteiger partial charge on any atom is 0.303 e. The number of fused-ring (bicyclic) bond motifs is 3. The third kappa shape index (κ3) is 5.40. The van der Waals surface area contributed by atoms with Crippen molar-refractivity contribution in [2.75, 3.05) is 5.32 Å². The maximum absolute atomic E-state index is 16.1. The number of carbonyl (C=O) groups is 3. The molecule has 4 aliphatic rings. The molecule has 2 saturated carbocycles. The Labute approximate surface area is 269 Å². The van der Waals surface area contributed by atoms with E-state index in [0.29, 0.717) is 42.0 Å². The van der Waals surface area contributed by atoms with Gasteiger partial charge < -0.3 is 15.7 Å². The number of hydrogen-bond acceptors (Lipinski definition) is 4. The molecule has 6 rings (SSSR count). The minimum Gasteiger partial charge on any atom is -0.481 e. The molecule has 2 spiro atoms. The van der Waals surface area contributed by atoms with E-state index in [1.807, 2.05) is 0 Å². The van der Waals surface area contributed by atoms with E-state index in [-0.39, 0.29) is 29.8 Å². The number of aliphatic carboxylic acids is 1. The highest BCUT2D eigenvalue weighted by atomic mass is 35.5. The van der Waals surface area contributed by atoms with Gasteiger partial charge in [-0.15, -0.1) is 0 Å². The molecule has 2 aliphatic carbocycles. The Balaban J connectivity index is 1.51. The summed E-state index contributed by atoms with van der Waals surface area (Å²) in [6.45, 7) is 0. The van der Waals surface area contributed by atoms with Crippen molar-refractivity contribution < 1.29 is 32.7 Å². The lowest BCUT2D eigenvalue weighted by Gasteiger charge is -2.48. The van der Waals surface area contributed by atoms with Crippen molar-refractivity contribution in [3.8, 4) is 0 Å². The monoisotopic (exact) mass is 665 g/mol. The molecular weight excluding hydrogens is 630 g/mol. The summed E-state index contributed by atoms with van der Waals surface area (Å²) in [4.78, 5) is 40.4. The molecule has 0 aromatic heterocycles. The highest BCUT2D eigenvalue weighted by molar-refractivity contribution is 6.31. The van der Waals surface area contributed by atoms with Crippen LogP contribution in [-0.4, -0.2) is 45.9 Å². The van der Waals surface area contributed by atoms with Gasteiger partial charge in [0.25, 0.3) is 0 Å². The van der Waals surface area contributed by atoms with E-state index in [9.17, 15) is 28.3 Å². The van der Waals surface area contributed by atoms with Gasteiger partial charge in [-0.3, -0.25) is 19.7 Å². The van der Waals surface area contributed by atoms with Crippen LogP contribution in [0.3, 0.4) is 0 Å². The second kappa shape index (κ2) is 11.8. The molecule has 12 heteroatoms. The third-order valence-corrected chi connectivity index (χ3v) is 11.2. The summed E-state index contributed by atoms with van der Waals surface area (Å²) in [6, 6.07) is 8.07. The van der Waals surface area contributed by atoms with Gasteiger partial charge in [0.1, 0.15) is 11.2 Å². The zero-order valence-corrected chi connectivity index (χ0v) is 26.2. The van der Waals surface area contributed by atoms with Crippen LogP contribution in [0.2, 0.25) is 10.0 Å². The van der Waals surface area contributed by atoms with Gasteiger partial charge in [-0.1, -0.05) is 60.7 Å². The van der Waals surface area contributed by atoms with Gasteiger partial charge in [0, 0.05) is 47.0 Å². The lowest BCUT2D eigenvalue weighted by Crippen LogP contribution is -2.62. The Morgan fingerprint density at radius 2 is 1.71 bits per heavy atom. The number of carboxylic acids is 1. The fourth-order valence-corrected chi connectivity index (χ4v) is 9.04. The van der Waals surface area contributed by atoms with E-state index >= 15 is 4.39 Å². The summed E-state index contributed by atoms with van der Waals surface area (Å²) in [7, 11) is 0. The Kier molecular flexibility index (Phi) is 8.40. The number of rotatable bonds is 7. The van der Waals surface area contributed by atoms with Crippen molar-refractivity contribution >= 4 is 46.7 Å². The molecule has 0 radical (unpaired) electrons. The number of amides is 2. The van der Waals surface area contributed by atoms with E-state index in [0.717, 1.165) is 19.3 Å². The molecule has 45 heavy (non-hydrogen) atoms. The Bertz CT molecular complexity index is 1520. The van der Waals surface area contributed by atoms with Crippen molar-refractivity contribution in [1.29, 1.82) is 0 Å². The van der Waals surface area contributed by atoms with Crippen molar-refractivity contribution in [1.82, 2.24) is 10.6 Å². The summed E-state index contributed by atoms with van der Waals surface area (Å²) < 4.78 is 45.6. The first-order valence-corrected chi connectivity index (χ1v) is 16.3. The summed E-state index contributed by atoms with van der Waals surface area (Å²) in [5.74, 6) is -6.84. The highest BCUT2D eigenvalue weighted by Gasteiger charge is 2.73. The molecule has 0 bridgehead atoms. The number of carbonyl (C=O) groups excluding carboxylic acids is 2. The Hall–Kier alpha value is -2.82. The van der Waals surface area contributed by atoms with Crippen molar-refractivity contribution in [2.45, 2.75) is 111 Å². The largest absolute Gasteiger partial charge is 0.481 e. The molecule has 242 valence electrons. The molecule has 1 saturated heterocycles. The van der Waals surface area contributed by atoms with E-state index in [4.69, 9.17) is 23.2 Å². The molecule has 3 fully saturated rings. The van der Waals surface area contributed by atoms with Gasteiger partial charge in [0.2, 0.25) is 17.7 Å². The molecule has 2 aliphatic heterocycles. The van der Waals surface area contributed by atoms with E-state index in [1.165, 1.54) is 12.1 Å². The molecule has 0 unspecified atom stereocenters. The molecule has 2 aromatic carbocycles. The maximum atomic E-state index is 16.1. The zero-order valence-electron chi connectivity index (χ0n) is 24.7. The summed E-state index contributed by atoms with van der Waals surface area (Å²) in [5.41, 5.74) is -2.79. The van der Waals surface area contributed by atoms with Crippen LogP contribution in [0, 0.1) is 5.82 Å². The van der Waals surface area contributed by atoms with Crippen LogP contribution in [0.25, 0.3) is 0 Å². The first-order valence-electron chi connectivity index (χ1n) is 15.6. The minimum atomic E-state index is -2.96. The van der Waals surface area contributed by atoms with Gasteiger partial charge in [-0.25, -0.2) is 13.2 Å². The van der Waals surface area contributed by atoms with E-state index in [1.54, 1.807) is 24.3 Å². The second-order valence-corrected chi connectivity index (χ2v) is 14.1. The van der Waals surface area contributed by atoms with Crippen LogP contribution >= 0.6 is 23.2 Å². The predicted octanol–water partition coefficient (Wildman–Crippen LogP) is 7.10. The molecule has 4 N–H and O–H groups in total. The summed E-state index contributed by atoms with van der Waals surface area (Å²) in [6.07, 6.45) is 3.41. The minimum absolute atomic E-state index is 0.0332. The average molecular weight is 667 g/mol. The van der Waals surface area contributed by atoms with Crippen LogP contribution < -0.4 is 16.0 Å². The van der Waals surface area contributed by atoms with E-state index in [2.05, 4.69) is 16.0 Å². The van der Waals surface area contributed by atoms with Crippen LogP contribution in [0.4, 0.5) is 18.9 Å². The number of halogens is 5. The molecule has 2 amide bonds. The smallest absolute Gasteiger partial charge is 0.303 e. The van der Waals surface area contributed by atoms with E-state index < -0.39 is 70.8 Å². The van der Waals surface area contributed by atoms with Crippen LogP contribution in [-0.2, 0) is 19.8 Å². The van der Waals surface area contributed by atoms with Gasteiger partial charge in [-0.05, 0) is 67.9 Å². The summed E-state index contributed by atoms with van der Waals surface area (Å²) in [5, 5.41) is 18.9. The van der Waals surface area contributed by atoms with Crippen LogP contribution in [0.5, 0.6) is 0 Å². The van der Waals surface area contributed by atoms with Crippen LogP contribution in [0.1, 0.15) is 94.1 Å². The van der Waals surface area contributed by atoms with Gasteiger partial charge >= 0.3 is 5.97 Å². The standard InChI is InChI=1S/C33H36Cl2F3N3O4/c34-19-9-10-21-23(18-19)39-29(45)33(21)25(20-6-4-7-22(35)26(20)36)27(40-31(33)14-16-32(37,38)17-15-31)28(44)41-30(11-2-1-3-12-30)13-5-8-24(42)43/h4,6-7,9-10,18,25,27,40H,1-3,5,8,11-17H2,(H,39,45)(H,41,44)(H,42,43)/t25-,27+,33+/m0/s1. The van der Waals surface area contributed by atoms with Gasteiger partial charge in [0.05, 0.1) is 11.1 Å².